The largest absolute Gasteiger partial charge is 0.613 e. The molecule has 1 aromatic carbocycles. The summed E-state index contributed by atoms with van der Waals surface area (Å²) in [6.45, 7) is 3.48. The van der Waals surface area contributed by atoms with E-state index in [1.807, 2.05) is 23.2 Å². The van der Waals surface area contributed by atoms with Gasteiger partial charge in [0.2, 0.25) is 5.27 Å². The summed E-state index contributed by atoms with van der Waals surface area (Å²) < 4.78 is 5.16. The minimum absolute atomic E-state index is 0. The number of ketones is 1. The normalized spacial score (nSPS) is 13.9. The van der Waals surface area contributed by atoms with Crippen molar-refractivity contribution >= 4 is 41.3 Å². The van der Waals surface area contributed by atoms with Gasteiger partial charge in [0.1, 0.15) is 5.88 Å². The number of benzene rings is 1. The van der Waals surface area contributed by atoms with E-state index in [0.29, 0.717) is 11.4 Å². The average Bonchev–Trinajstić information content (AvgIpc) is 3.04. The number of carbonyl (C=O) groups excluding carboxylic acids is 1. The number of aromatic nitrogens is 2. The van der Waals surface area contributed by atoms with Crippen molar-refractivity contribution in [2.75, 3.05) is 31.2 Å². The molecule has 9 heteroatoms. The van der Waals surface area contributed by atoms with Crippen LogP contribution in [0.5, 0.6) is 0 Å². The zero-order chi connectivity index (χ0) is 16.1. The zero-order valence-corrected chi connectivity index (χ0v) is 14.6. The number of carbonyl (C=O) groups is 1. The summed E-state index contributed by atoms with van der Waals surface area (Å²) in [6, 6.07) is 9.03. The van der Waals surface area contributed by atoms with E-state index in [-0.39, 0.29) is 29.6 Å². The number of rotatable bonds is 5. The third kappa shape index (κ3) is 4.73. The Morgan fingerprint density at radius 1 is 1.33 bits per heavy atom. The maximum Gasteiger partial charge on any atom is 0.257 e. The third-order valence-corrected chi connectivity index (χ3v) is 3.71. The SMILES string of the molecule is Cl.O=C(CC(=S)[N-]c1c[n+](N2CCNCC2)no1)c1ccccc1. The molecule has 1 saturated heterocycles. The van der Waals surface area contributed by atoms with Gasteiger partial charge in [0, 0.05) is 25.1 Å². The van der Waals surface area contributed by atoms with Gasteiger partial charge in [-0.3, -0.25) is 4.79 Å². The monoisotopic (exact) mass is 367 g/mol. The third-order valence-electron chi connectivity index (χ3n) is 3.47. The van der Waals surface area contributed by atoms with Crippen molar-refractivity contribution in [3.05, 3.63) is 47.4 Å². The molecule has 0 radical (unpaired) electrons. The molecule has 0 spiro atoms. The lowest BCUT2D eigenvalue weighted by Crippen LogP contribution is -2.64. The van der Waals surface area contributed by atoms with Gasteiger partial charge in [-0.15, -0.1) is 24.6 Å². The van der Waals surface area contributed by atoms with E-state index in [1.54, 1.807) is 23.1 Å². The molecule has 0 aliphatic carbocycles. The summed E-state index contributed by atoms with van der Waals surface area (Å²) >= 11 is 5.17. The fourth-order valence-electron chi connectivity index (χ4n) is 2.30. The standard InChI is InChI=1S/C15H17N5O2S.ClH/c21-13(12-4-2-1-3-5-12)10-15(23)17-14-11-20(18-22-14)19-8-6-16-7-9-19;/h1-5,11,16H,6-10H2;1H. The fourth-order valence-corrected chi connectivity index (χ4v) is 2.52. The fraction of sp³-hybridized carbons (Fsp3) is 0.333. The molecule has 3 rings (SSSR count). The predicted molar refractivity (Wildman–Crippen MR) is 95.8 cm³/mol. The summed E-state index contributed by atoms with van der Waals surface area (Å²) in [5.74, 6) is 0.239. The Balaban J connectivity index is 0.00000208. The number of nitrogens with one attached hydrogen (secondary N) is 1. The molecule has 128 valence electrons. The van der Waals surface area contributed by atoms with Gasteiger partial charge in [0.05, 0.1) is 17.9 Å². The van der Waals surface area contributed by atoms with E-state index in [9.17, 15) is 4.79 Å². The first kappa shape index (κ1) is 18.3. The Morgan fingerprint density at radius 2 is 2.04 bits per heavy atom. The van der Waals surface area contributed by atoms with Crippen molar-refractivity contribution in [3.8, 4) is 0 Å². The molecule has 0 amide bonds. The first-order valence-corrected chi connectivity index (χ1v) is 7.80. The molecule has 1 N–H and O–H groups in total. The highest BCUT2D eigenvalue weighted by atomic mass is 35.5. The van der Waals surface area contributed by atoms with Crippen LogP contribution in [0.15, 0.2) is 41.1 Å². The van der Waals surface area contributed by atoms with Crippen LogP contribution in [0, 0.1) is 0 Å². The van der Waals surface area contributed by atoms with Crippen molar-refractivity contribution in [2.45, 2.75) is 6.42 Å². The molecular weight excluding hydrogens is 350 g/mol. The van der Waals surface area contributed by atoms with Crippen LogP contribution >= 0.6 is 24.6 Å². The summed E-state index contributed by atoms with van der Waals surface area (Å²) in [5, 5.41) is 13.4. The molecule has 1 aliphatic rings. The Hall–Kier alpha value is -2.03. The molecule has 1 aromatic heterocycles. The van der Waals surface area contributed by atoms with E-state index >= 15 is 0 Å². The van der Waals surface area contributed by atoms with E-state index in [0.717, 1.165) is 26.2 Å². The van der Waals surface area contributed by atoms with Crippen molar-refractivity contribution < 1.29 is 14.1 Å². The van der Waals surface area contributed by atoms with E-state index in [1.165, 1.54) is 0 Å². The molecule has 0 atom stereocenters. The van der Waals surface area contributed by atoms with Gasteiger partial charge in [-0.2, -0.15) is 5.01 Å². The van der Waals surface area contributed by atoms with Gasteiger partial charge < -0.3 is 15.2 Å². The Labute approximate surface area is 151 Å². The number of Topliss-reactive ketones (excluding diaryl/α,β-unsaturated/α-hetero) is 1. The van der Waals surface area contributed by atoms with Crippen molar-refractivity contribution in [1.29, 1.82) is 0 Å². The first-order chi connectivity index (χ1) is 11.2. The summed E-state index contributed by atoms with van der Waals surface area (Å²) in [6.07, 6.45) is 1.75. The molecule has 7 nitrogen and oxygen atoms in total. The van der Waals surface area contributed by atoms with Gasteiger partial charge >= 0.3 is 0 Å². The molecule has 24 heavy (non-hydrogen) atoms. The number of nitrogens with zero attached hydrogens (tertiary/aromatic N) is 4. The second kappa shape index (κ2) is 8.72. The number of thiocarbonyl (C=S) groups is 1. The van der Waals surface area contributed by atoms with E-state index in [2.05, 4.69) is 15.9 Å². The van der Waals surface area contributed by atoms with Gasteiger partial charge in [-0.1, -0.05) is 35.3 Å². The molecule has 0 saturated carbocycles. The topological polar surface area (TPSA) is 76.4 Å². The molecule has 0 bridgehead atoms. The lowest BCUT2D eigenvalue weighted by Gasteiger charge is -2.19. The van der Waals surface area contributed by atoms with Crippen LogP contribution in [0.25, 0.3) is 5.32 Å². The number of halogens is 1. The summed E-state index contributed by atoms with van der Waals surface area (Å²) in [4.78, 5) is 14.0. The predicted octanol–water partition coefficient (Wildman–Crippen LogP) is 1.53. The van der Waals surface area contributed by atoms with Crippen LogP contribution in [0.1, 0.15) is 16.8 Å². The van der Waals surface area contributed by atoms with Crippen LogP contribution in [-0.4, -0.2) is 42.2 Å². The van der Waals surface area contributed by atoms with E-state index < -0.39 is 0 Å². The maximum absolute atomic E-state index is 12.1. The minimum atomic E-state index is -0.0613. The zero-order valence-electron chi connectivity index (χ0n) is 12.9. The highest BCUT2D eigenvalue weighted by molar-refractivity contribution is 7.80. The quantitative estimate of drug-likeness (QED) is 0.490. The second-order valence-electron chi connectivity index (χ2n) is 5.14. The molecule has 2 heterocycles. The molecular formula is C15H18ClN5O2S. The highest BCUT2D eigenvalue weighted by Gasteiger charge is 2.20. The Kier molecular flexibility index (Phi) is 6.65. The lowest BCUT2D eigenvalue weighted by atomic mass is 10.1. The van der Waals surface area contributed by atoms with Crippen LogP contribution in [0.4, 0.5) is 5.88 Å². The number of hydrogen-bond donors (Lipinski definition) is 1. The van der Waals surface area contributed by atoms with Gasteiger partial charge in [0.15, 0.2) is 5.78 Å². The van der Waals surface area contributed by atoms with Crippen molar-refractivity contribution in [3.63, 3.8) is 0 Å². The first-order valence-electron chi connectivity index (χ1n) is 7.40. The van der Waals surface area contributed by atoms with Crippen LogP contribution in [0.3, 0.4) is 0 Å². The summed E-state index contributed by atoms with van der Waals surface area (Å²) in [7, 11) is 0. The van der Waals surface area contributed by atoms with Crippen molar-refractivity contribution in [1.82, 2.24) is 10.6 Å². The van der Waals surface area contributed by atoms with Crippen molar-refractivity contribution in [2.24, 2.45) is 0 Å². The van der Waals surface area contributed by atoms with Crippen LogP contribution in [-0.2, 0) is 0 Å². The number of piperazine rings is 1. The molecule has 1 fully saturated rings. The van der Waals surface area contributed by atoms with E-state index in [4.69, 9.17) is 16.7 Å². The number of hydrogen-bond acceptors (Lipinski definition) is 6. The highest BCUT2D eigenvalue weighted by Crippen LogP contribution is 2.18. The Bertz CT molecular complexity index is 688. The smallest absolute Gasteiger partial charge is 0.257 e. The lowest BCUT2D eigenvalue weighted by molar-refractivity contribution is -0.758. The Morgan fingerprint density at radius 3 is 2.75 bits per heavy atom. The van der Waals surface area contributed by atoms with Gasteiger partial charge in [0.25, 0.3) is 6.20 Å². The van der Waals surface area contributed by atoms with Crippen LogP contribution < -0.4 is 15.1 Å². The van der Waals surface area contributed by atoms with Gasteiger partial charge in [-0.25, -0.2) is 0 Å². The minimum Gasteiger partial charge on any atom is -0.613 e. The average molecular weight is 368 g/mol. The second-order valence-corrected chi connectivity index (χ2v) is 5.61. The maximum atomic E-state index is 12.1. The van der Waals surface area contributed by atoms with Gasteiger partial charge in [-0.05, 0) is 0 Å². The molecule has 2 aromatic rings. The molecule has 0 unspecified atom stereocenters. The van der Waals surface area contributed by atoms with Crippen LogP contribution in [0.2, 0.25) is 0 Å². The summed E-state index contributed by atoms with van der Waals surface area (Å²) in [5.41, 5.74) is 0.624. The molecule has 1 aliphatic heterocycles.